The van der Waals surface area contributed by atoms with Crippen LogP contribution in [0.3, 0.4) is 0 Å². The summed E-state index contributed by atoms with van der Waals surface area (Å²) < 4.78 is 56.0. The molecular weight excluding hydrogens is 624 g/mol. The highest BCUT2D eigenvalue weighted by Gasteiger charge is 2.41. The molecular formula is C30H35F2N7O6S. The maximum absolute atomic E-state index is 13.9. The van der Waals surface area contributed by atoms with Gasteiger partial charge < -0.3 is 26.0 Å². The van der Waals surface area contributed by atoms with Crippen LogP contribution in [0.2, 0.25) is 0 Å². The first-order valence-electron chi connectivity index (χ1n) is 14.5. The molecule has 2 aromatic carbocycles. The molecule has 0 bridgehead atoms. The average molecular weight is 660 g/mol. The summed E-state index contributed by atoms with van der Waals surface area (Å²) in [6, 6.07) is 5.02. The number of nitrogens with two attached hydrogens (primary N) is 1. The van der Waals surface area contributed by atoms with Crippen LogP contribution in [0.1, 0.15) is 58.7 Å². The summed E-state index contributed by atoms with van der Waals surface area (Å²) in [5, 5.41) is 19.4. The smallest absolute Gasteiger partial charge is 0.308 e. The molecule has 2 aliphatic rings. The third kappa shape index (κ3) is 6.13. The number of nitrogens with zero attached hydrogens (tertiary/aromatic N) is 4. The Morgan fingerprint density at radius 2 is 1.78 bits per heavy atom. The van der Waals surface area contributed by atoms with Crippen LogP contribution in [0.4, 0.5) is 26.0 Å². The van der Waals surface area contributed by atoms with E-state index in [4.69, 9.17) is 5.73 Å². The van der Waals surface area contributed by atoms with Gasteiger partial charge in [0, 0.05) is 63.0 Å². The number of hydrogen-bond donors (Lipinski definition) is 4. The molecule has 46 heavy (non-hydrogen) atoms. The Labute approximate surface area is 264 Å². The van der Waals surface area contributed by atoms with Gasteiger partial charge in [-0.25, -0.2) is 17.2 Å². The number of fused-ring (bicyclic) bond motifs is 1. The summed E-state index contributed by atoms with van der Waals surface area (Å²) in [5.74, 6) is -5.25. The lowest BCUT2D eigenvalue weighted by Crippen LogP contribution is -2.45. The summed E-state index contributed by atoms with van der Waals surface area (Å²) in [7, 11) is -0.874. The van der Waals surface area contributed by atoms with Crippen molar-refractivity contribution in [1.29, 1.82) is 0 Å². The lowest BCUT2D eigenvalue weighted by Gasteiger charge is -2.37. The number of amides is 2. The number of anilines is 3. The molecule has 1 atom stereocenters. The van der Waals surface area contributed by atoms with Gasteiger partial charge >= 0.3 is 5.97 Å². The standard InChI is InChI=1S/C30H35F2N7O6S/c1-30(2)15-39(46(44,45)19-9-17(31)8-18(32)10-19)14-22-25(30)35-36-27(22)34-28(41)21-12-24(23(37(3)4)11-20(21)26(33)40)38-7-5-6-16(13-38)29(42)43/h8-12,16H,5-7,13-15H2,1-4H3,(H2,33,40)(H,42,43)(H2,34,35,36,41). The number of carbonyl (C=O) groups is 3. The number of carboxylic acid groups (broad SMARTS) is 1. The zero-order chi connectivity index (χ0) is 33.7. The number of aromatic amines is 1. The zero-order valence-electron chi connectivity index (χ0n) is 25.7. The fraction of sp³-hybridized carbons (Fsp3) is 0.400. The zero-order valence-corrected chi connectivity index (χ0v) is 26.5. The molecule has 246 valence electrons. The number of piperidine rings is 1. The second-order valence-electron chi connectivity index (χ2n) is 12.4. The predicted molar refractivity (Wildman–Crippen MR) is 165 cm³/mol. The lowest BCUT2D eigenvalue weighted by molar-refractivity contribution is -0.141. The Morgan fingerprint density at radius 3 is 2.39 bits per heavy atom. The van der Waals surface area contributed by atoms with Gasteiger partial charge in [-0.3, -0.25) is 19.5 Å². The van der Waals surface area contributed by atoms with Gasteiger partial charge in [0.25, 0.3) is 5.91 Å². The molecule has 1 aromatic heterocycles. The first-order chi connectivity index (χ1) is 21.5. The Hall–Kier alpha value is -4.57. The van der Waals surface area contributed by atoms with Crippen LogP contribution in [0.5, 0.6) is 0 Å². The van der Waals surface area contributed by atoms with Crippen molar-refractivity contribution in [3.63, 3.8) is 0 Å². The minimum atomic E-state index is -4.37. The molecule has 3 heterocycles. The van der Waals surface area contributed by atoms with Crippen LogP contribution in [-0.4, -0.2) is 79.5 Å². The first kappa shape index (κ1) is 32.8. The third-order valence-electron chi connectivity index (χ3n) is 8.37. The van der Waals surface area contributed by atoms with Gasteiger partial charge in [0.2, 0.25) is 15.9 Å². The molecule has 13 nitrogen and oxygen atoms in total. The van der Waals surface area contributed by atoms with Crippen molar-refractivity contribution in [3.8, 4) is 0 Å². The molecule has 0 spiro atoms. The number of H-pyrrole nitrogens is 1. The summed E-state index contributed by atoms with van der Waals surface area (Å²) in [6.07, 6.45) is 1.12. The molecule has 2 amide bonds. The Balaban J connectivity index is 1.52. The van der Waals surface area contributed by atoms with Gasteiger partial charge in [0.05, 0.1) is 33.3 Å². The van der Waals surface area contributed by atoms with Crippen molar-refractivity contribution in [2.24, 2.45) is 11.7 Å². The summed E-state index contributed by atoms with van der Waals surface area (Å²) >= 11 is 0. The van der Waals surface area contributed by atoms with Gasteiger partial charge in [-0.05, 0) is 37.1 Å². The fourth-order valence-corrected chi connectivity index (χ4v) is 7.70. The van der Waals surface area contributed by atoms with Crippen molar-refractivity contribution in [2.75, 3.05) is 48.8 Å². The van der Waals surface area contributed by atoms with Crippen LogP contribution in [0.25, 0.3) is 0 Å². The Morgan fingerprint density at radius 1 is 1.11 bits per heavy atom. The molecule has 16 heteroatoms. The number of benzene rings is 2. The Kier molecular flexibility index (Phi) is 8.55. The van der Waals surface area contributed by atoms with E-state index < -0.39 is 55.7 Å². The van der Waals surface area contributed by atoms with E-state index in [1.807, 2.05) is 4.90 Å². The van der Waals surface area contributed by atoms with Gasteiger partial charge in [0.1, 0.15) is 11.6 Å². The van der Waals surface area contributed by atoms with Gasteiger partial charge in [-0.2, -0.15) is 9.40 Å². The second-order valence-corrected chi connectivity index (χ2v) is 14.3. The van der Waals surface area contributed by atoms with Crippen molar-refractivity contribution in [1.82, 2.24) is 14.5 Å². The molecule has 1 saturated heterocycles. The topological polar surface area (TPSA) is 182 Å². The largest absolute Gasteiger partial charge is 0.481 e. The number of primary amides is 1. The monoisotopic (exact) mass is 659 g/mol. The summed E-state index contributed by atoms with van der Waals surface area (Å²) in [5.41, 5.74) is 6.65. The SMILES string of the molecule is CN(C)c1cc(C(N)=O)c(C(=O)Nc2n[nH]c3c2CN(S(=O)(=O)c2cc(F)cc(F)c2)CC3(C)C)cc1N1CCCC(C(=O)O)C1. The van der Waals surface area contributed by atoms with E-state index >= 15 is 0 Å². The number of carbonyl (C=O) groups excluding carboxylic acids is 2. The number of rotatable bonds is 8. The van der Waals surface area contributed by atoms with Crippen molar-refractivity contribution in [3.05, 3.63) is 64.4 Å². The molecule has 2 aliphatic heterocycles. The lowest BCUT2D eigenvalue weighted by atomic mass is 9.84. The number of aromatic nitrogens is 2. The van der Waals surface area contributed by atoms with Crippen molar-refractivity contribution >= 4 is 45.0 Å². The van der Waals surface area contributed by atoms with Crippen molar-refractivity contribution in [2.45, 2.75) is 43.5 Å². The van der Waals surface area contributed by atoms with E-state index in [1.165, 1.54) is 12.1 Å². The summed E-state index contributed by atoms with van der Waals surface area (Å²) in [4.78, 5) is 41.2. The van der Waals surface area contributed by atoms with Crippen LogP contribution >= 0.6 is 0 Å². The van der Waals surface area contributed by atoms with Crippen LogP contribution in [0, 0.1) is 17.6 Å². The van der Waals surface area contributed by atoms with Gasteiger partial charge in [-0.1, -0.05) is 13.8 Å². The molecule has 0 radical (unpaired) electrons. The molecule has 5 N–H and O–H groups in total. The molecule has 3 aromatic rings. The Bertz CT molecular complexity index is 1820. The minimum Gasteiger partial charge on any atom is -0.481 e. The van der Waals surface area contributed by atoms with E-state index in [-0.39, 0.29) is 36.6 Å². The molecule has 0 saturated carbocycles. The van der Waals surface area contributed by atoms with Crippen molar-refractivity contribution < 1.29 is 36.7 Å². The average Bonchev–Trinajstić information content (AvgIpc) is 3.39. The highest BCUT2D eigenvalue weighted by molar-refractivity contribution is 7.89. The number of hydrogen-bond acceptors (Lipinski definition) is 8. The second kappa shape index (κ2) is 12.0. The van der Waals surface area contributed by atoms with Crippen LogP contribution < -0.4 is 20.9 Å². The number of carboxylic acids is 1. The maximum atomic E-state index is 13.9. The quantitative estimate of drug-likeness (QED) is 0.283. The fourth-order valence-electron chi connectivity index (χ4n) is 6.08. The van der Waals surface area contributed by atoms with E-state index in [0.717, 1.165) is 16.4 Å². The number of nitrogens with one attached hydrogen (secondary N) is 2. The van der Waals surface area contributed by atoms with E-state index in [9.17, 15) is 36.7 Å². The third-order valence-corrected chi connectivity index (χ3v) is 10.1. The highest BCUT2D eigenvalue weighted by atomic mass is 32.2. The van der Waals surface area contributed by atoms with E-state index in [2.05, 4.69) is 15.5 Å². The maximum Gasteiger partial charge on any atom is 0.308 e. The van der Waals surface area contributed by atoms with E-state index in [1.54, 1.807) is 32.8 Å². The molecule has 1 fully saturated rings. The number of halogens is 2. The van der Waals surface area contributed by atoms with Gasteiger partial charge in [-0.15, -0.1) is 0 Å². The van der Waals surface area contributed by atoms with E-state index in [0.29, 0.717) is 48.1 Å². The normalized spacial score (nSPS) is 18.1. The molecule has 5 rings (SSSR count). The number of sulfonamides is 1. The molecule has 1 unspecified atom stereocenters. The summed E-state index contributed by atoms with van der Waals surface area (Å²) in [6.45, 7) is 3.92. The number of aliphatic carboxylic acids is 1. The first-order valence-corrected chi connectivity index (χ1v) is 15.9. The minimum absolute atomic E-state index is 0.00373. The van der Waals surface area contributed by atoms with Crippen LogP contribution in [0.15, 0.2) is 35.2 Å². The molecule has 0 aliphatic carbocycles. The van der Waals surface area contributed by atoms with Gasteiger partial charge in [0.15, 0.2) is 5.82 Å². The predicted octanol–water partition coefficient (Wildman–Crippen LogP) is 2.89. The van der Waals surface area contributed by atoms with Crippen LogP contribution in [-0.2, 0) is 26.8 Å². The highest BCUT2D eigenvalue weighted by Crippen LogP contribution is 2.39.